The predicted molar refractivity (Wildman–Crippen MR) is 23.0 cm³/mol. The van der Waals surface area contributed by atoms with E-state index in [9.17, 15) is 0 Å². The molecule has 0 spiro atoms. The van der Waals surface area contributed by atoms with Crippen molar-refractivity contribution in [3.8, 4) is 0 Å². The molecule has 0 N–H and O–H groups in total. The fourth-order valence-electron chi connectivity index (χ4n) is 0. The molecule has 0 nitrogen and oxygen atoms in total. The second-order valence-corrected chi connectivity index (χ2v) is 0. The molecule has 0 aromatic carbocycles. The van der Waals surface area contributed by atoms with Gasteiger partial charge < -0.3 is 0 Å². The topological polar surface area (TPSA) is 0 Å². The molecule has 0 saturated heterocycles. The van der Waals surface area contributed by atoms with E-state index in [0.717, 1.165) is 0 Å². The van der Waals surface area contributed by atoms with Crippen LogP contribution in [0.5, 0.6) is 0 Å². The Morgan fingerprint density at radius 1 is 0.400 bits per heavy atom. The molecule has 5 heavy (non-hydrogen) atoms. The first kappa shape index (κ1) is 33.5. The molecular formula is Na4Rh. The van der Waals surface area contributed by atoms with Gasteiger partial charge in [0.05, 0.1) is 0 Å². The molecule has 0 unspecified atom stereocenters. The van der Waals surface area contributed by atoms with Gasteiger partial charge in [0.1, 0.15) is 0 Å². The molecule has 0 heterocycles. The van der Waals surface area contributed by atoms with Crippen LogP contribution >= 0.6 is 0 Å². The van der Waals surface area contributed by atoms with Gasteiger partial charge in [0.25, 0.3) is 0 Å². The van der Waals surface area contributed by atoms with Gasteiger partial charge in [-0.2, -0.15) is 0 Å². The van der Waals surface area contributed by atoms with Gasteiger partial charge in [-0.1, -0.05) is 0 Å². The maximum atomic E-state index is 0. The minimum absolute atomic E-state index is 0. The van der Waals surface area contributed by atoms with E-state index in [0.29, 0.717) is 0 Å². The van der Waals surface area contributed by atoms with Gasteiger partial charge in [-0.3, -0.25) is 0 Å². The van der Waals surface area contributed by atoms with E-state index in [1.807, 2.05) is 0 Å². The summed E-state index contributed by atoms with van der Waals surface area (Å²) in [4.78, 5) is 0. The number of hydrogen-bond acceptors (Lipinski definition) is 0. The zero-order valence-electron chi connectivity index (χ0n) is 4.33. The summed E-state index contributed by atoms with van der Waals surface area (Å²) in [5.41, 5.74) is 0. The SMILES string of the molecule is [Na].[Na].[Na].[Na].[Rh]. The molecule has 5 radical (unpaired) electrons. The Bertz CT molecular complexity index is 3.61. The molecule has 0 aliphatic rings. The first-order valence-electron chi connectivity index (χ1n) is 0. The summed E-state index contributed by atoms with van der Waals surface area (Å²) in [5.74, 6) is 0. The van der Waals surface area contributed by atoms with Gasteiger partial charge in [-0.05, 0) is 0 Å². The quantitative estimate of drug-likeness (QED) is 0.411. The Morgan fingerprint density at radius 3 is 0.400 bits per heavy atom. The van der Waals surface area contributed by atoms with Crippen molar-refractivity contribution in [3.05, 3.63) is 0 Å². The first-order valence-corrected chi connectivity index (χ1v) is 0. The summed E-state index contributed by atoms with van der Waals surface area (Å²) in [6, 6.07) is 0. The Hall–Kier alpha value is 4.62. The van der Waals surface area contributed by atoms with Crippen LogP contribution in [0.4, 0.5) is 0 Å². The van der Waals surface area contributed by atoms with Crippen molar-refractivity contribution in [2.75, 3.05) is 0 Å². The van der Waals surface area contributed by atoms with Crippen LogP contribution < -0.4 is 0 Å². The number of rotatable bonds is 0. The smallest absolute Gasteiger partial charge is 0 e. The monoisotopic (exact) mass is 195 g/mol. The van der Waals surface area contributed by atoms with E-state index in [-0.39, 0.29) is 138 Å². The van der Waals surface area contributed by atoms with Gasteiger partial charge in [0.15, 0.2) is 0 Å². The van der Waals surface area contributed by atoms with Crippen LogP contribution in [-0.2, 0) is 19.5 Å². The molecule has 5 heteroatoms. The van der Waals surface area contributed by atoms with Gasteiger partial charge in [-0.15, -0.1) is 0 Å². The molecule has 0 saturated carbocycles. The van der Waals surface area contributed by atoms with Gasteiger partial charge >= 0.3 is 0 Å². The Kier molecular flexibility index (Phi) is 157. The molecular weight excluding hydrogens is 195 g/mol. The Morgan fingerprint density at radius 2 is 0.400 bits per heavy atom. The summed E-state index contributed by atoms with van der Waals surface area (Å²) >= 11 is 0. The van der Waals surface area contributed by atoms with Crippen LogP contribution in [-0.4, -0.2) is 118 Å². The summed E-state index contributed by atoms with van der Waals surface area (Å²) in [6.07, 6.45) is 0. The third-order valence-corrected chi connectivity index (χ3v) is 0. The standard InChI is InChI=1S/4Na.Rh. The van der Waals surface area contributed by atoms with Crippen molar-refractivity contribution < 1.29 is 19.5 Å². The van der Waals surface area contributed by atoms with E-state index >= 15 is 0 Å². The van der Waals surface area contributed by atoms with Gasteiger partial charge in [0.2, 0.25) is 0 Å². The van der Waals surface area contributed by atoms with E-state index in [2.05, 4.69) is 0 Å². The molecule has 0 aliphatic heterocycles. The van der Waals surface area contributed by atoms with Crippen LogP contribution in [0.15, 0.2) is 0 Å². The van der Waals surface area contributed by atoms with Crippen molar-refractivity contribution in [1.82, 2.24) is 0 Å². The van der Waals surface area contributed by atoms with Crippen LogP contribution in [0.3, 0.4) is 0 Å². The second kappa shape index (κ2) is 23.4. The maximum absolute atomic E-state index is 0. The zero-order valence-corrected chi connectivity index (χ0v) is 14.0. The van der Waals surface area contributed by atoms with Gasteiger partial charge in [-0.25, -0.2) is 0 Å². The van der Waals surface area contributed by atoms with E-state index in [4.69, 9.17) is 0 Å². The molecule has 0 amide bonds. The average molecular weight is 195 g/mol. The molecule has 0 aromatic heterocycles. The molecule has 0 bridgehead atoms. The van der Waals surface area contributed by atoms with Crippen molar-refractivity contribution in [2.45, 2.75) is 0 Å². The largest absolute Gasteiger partial charge is 0 e. The molecule has 0 aromatic rings. The van der Waals surface area contributed by atoms with E-state index < -0.39 is 0 Å². The fourth-order valence-corrected chi connectivity index (χ4v) is 0. The average Bonchev–Trinajstić information content (AvgIpc) is 0. The number of hydrogen-bond donors (Lipinski definition) is 0. The second-order valence-electron chi connectivity index (χ2n) is 0. The van der Waals surface area contributed by atoms with E-state index in [1.54, 1.807) is 0 Å². The molecule has 13 valence electrons. The Balaban J connectivity index is 0. The van der Waals surface area contributed by atoms with Crippen LogP contribution in [0.2, 0.25) is 0 Å². The Labute approximate surface area is 134 Å². The summed E-state index contributed by atoms with van der Waals surface area (Å²) < 4.78 is 0. The van der Waals surface area contributed by atoms with E-state index in [1.165, 1.54) is 0 Å². The minimum atomic E-state index is 0. The first-order chi connectivity index (χ1) is 0. The van der Waals surface area contributed by atoms with Crippen molar-refractivity contribution in [2.24, 2.45) is 0 Å². The van der Waals surface area contributed by atoms with Crippen LogP contribution in [0, 0.1) is 0 Å². The molecule has 0 aliphatic carbocycles. The van der Waals surface area contributed by atoms with Crippen molar-refractivity contribution in [1.29, 1.82) is 0 Å². The normalized spacial score (nSPS) is 0. The van der Waals surface area contributed by atoms with Crippen LogP contribution in [0.1, 0.15) is 0 Å². The van der Waals surface area contributed by atoms with Crippen molar-refractivity contribution in [3.63, 3.8) is 0 Å². The van der Waals surface area contributed by atoms with Crippen molar-refractivity contribution >= 4 is 118 Å². The third kappa shape index (κ3) is 17.7. The molecule has 0 atom stereocenters. The minimum Gasteiger partial charge on any atom is 0 e. The summed E-state index contributed by atoms with van der Waals surface area (Å²) in [7, 11) is 0. The fraction of sp³-hybridized carbons (Fsp3) is 0. The molecule has 0 fully saturated rings. The maximum Gasteiger partial charge on any atom is 0 e. The van der Waals surface area contributed by atoms with Crippen LogP contribution in [0.25, 0.3) is 0 Å². The zero-order chi connectivity index (χ0) is 0. The summed E-state index contributed by atoms with van der Waals surface area (Å²) in [6.45, 7) is 0. The predicted octanol–water partition coefficient (Wildman–Crippen LogP) is -1.53. The third-order valence-electron chi connectivity index (χ3n) is 0. The van der Waals surface area contributed by atoms with Gasteiger partial charge in [0, 0.05) is 138 Å². The summed E-state index contributed by atoms with van der Waals surface area (Å²) in [5, 5.41) is 0. The molecule has 0 rings (SSSR count).